The molecular formula is C17H30N8. The summed E-state index contributed by atoms with van der Waals surface area (Å²) >= 11 is 0. The fourth-order valence-electron chi connectivity index (χ4n) is 2.76. The van der Waals surface area contributed by atoms with Gasteiger partial charge in [-0.1, -0.05) is 0 Å². The quantitative estimate of drug-likeness (QED) is 0.606. The van der Waals surface area contributed by atoms with Crippen LogP contribution in [0.2, 0.25) is 0 Å². The Balaban J connectivity index is 2.04. The maximum atomic E-state index is 4.64. The van der Waals surface area contributed by atoms with E-state index < -0.39 is 0 Å². The van der Waals surface area contributed by atoms with Crippen molar-refractivity contribution in [3.63, 3.8) is 0 Å². The summed E-state index contributed by atoms with van der Waals surface area (Å²) in [6.07, 6.45) is 0.902. The minimum Gasteiger partial charge on any atom is -0.357 e. The Morgan fingerprint density at radius 1 is 1.20 bits per heavy atom. The second-order valence-electron chi connectivity index (χ2n) is 6.44. The molecular weight excluding hydrogens is 316 g/mol. The molecule has 0 aromatic carbocycles. The van der Waals surface area contributed by atoms with Crippen molar-refractivity contribution < 1.29 is 0 Å². The second kappa shape index (κ2) is 8.13. The molecule has 0 bridgehead atoms. The molecule has 2 N–H and O–H groups in total. The number of hydrogen-bond donors (Lipinski definition) is 2. The van der Waals surface area contributed by atoms with Gasteiger partial charge in [0.15, 0.2) is 11.8 Å². The van der Waals surface area contributed by atoms with Gasteiger partial charge in [0.1, 0.15) is 12.4 Å². The van der Waals surface area contributed by atoms with Gasteiger partial charge in [0.25, 0.3) is 0 Å². The van der Waals surface area contributed by atoms with Crippen LogP contribution in [0.1, 0.15) is 42.4 Å². The third kappa shape index (κ3) is 4.58. The first-order chi connectivity index (χ1) is 11.8. The fraction of sp³-hybridized carbons (Fsp3) is 0.647. The van der Waals surface area contributed by atoms with Gasteiger partial charge < -0.3 is 15.2 Å². The molecule has 0 fully saturated rings. The van der Waals surface area contributed by atoms with Crippen LogP contribution in [0.4, 0.5) is 0 Å². The fourth-order valence-corrected chi connectivity index (χ4v) is 2.76. The Hall–Kier alpha value is -2.38. The lowest BCUT2D eigenvalue weighted by Crippen LogP contribution is -2.43. The van der Waals surface area contributed by atoms with Crippen molar-refractivity contribution in [3.8, 4) is 0 Å². The lowest BCUT2D eigenvalue weighted by atomic mass is 10.1. The van der Waals surface area contributed by atoms with Crippen molar-refractivity contribution in [2.24, 2.45) is 19.1 Å². The van der Waals surface area contributed by atoms with Gasteiger partial charge in [0.05, 0.1) is 5.69 Å². The molecule has 0 spiro atoms. The first-order valence-corrected chi connectivity index (χ1v) is 8.72. The van der Waals surface area contributed by atoms with Crippen LogP contribution in [0.25, 0.3) is 0 Å². The molecule has 1 atom stereocenters. The van der Waals surface area contributed by atoms with Crippen LogP contribution in [0.15, 0.2) is 4.99 Å². The van der Waals surface area contributed by atoms with E-state index in [-0.39, 0.29) is 6.04 Å². The first kappa shape index (κ1) is 19.0. The molecule has 2 rings (SSSR count). The van der Waals surface area contributed by atoms with Gasteiger partial charge in [-0.15, -0.1) is 10.2 Å². The number of rotatable bonds is 6. The third-order valence-electron chi connectivity index (χ3n) is 4.46. The lowest BCUT2D eigenvalue weighted by molar-refractivity contribution is 0.634. The largest absolute Gasteiger partial charge is 0.357 e. The molecule has 0 aliphatic rings. The zero-order valence-electron chi connectivity index (χ0n) is 16.4. The van der Waals surface area contributed by atoms with Gasteiger partial charge in [-0.25, -0.2) is 4.99 Å². The molecule has 25 heavy (non-hydrogen) atoms. The molecule has 0 aliphatic carbocycles. The number of hydrogen-bond acceptors (Lipinski definition) is 4. The van der Waals surface area contributed by atoms with Gasteiger partial charge >= 0.3 is 0 Å². The SMILES string of the molecule is CCNC(=NCc1nnc(C)n1C)NC(C)Cc1c(C)nn(C)c1C. The minimum atomic E-state index is 0.237. The van der Waals surface area contributed by atoms with Crippen LogP contribution < -0.4 is 10.6 Å². The maximum Gasteiger partial charge on any atom is 0.191 e. The highest BCUT2D eigenvalue weighted by molar-refractivity contribution is 5.80. The smallest absolute Gasteiger partial charge is 0.191 e. The summed E-state index contributed by atoms with van der Waals surface area (Å²) < 4.78 is 3.89. The summed E-state index contributed by atoms with van der Waals surface area (Å²) in [6.45, 7) is 11.6. The van der Waals surface area contributed by atoms with Crippen molar-refractivity contribution in [2.75, 3.05) is 6.54 Å². The van der Waals surface area contributed by atoms with Gasteiger partial charge in [0, 0.05) is 32.4 Å². The van der Waals surface area contributed by atoms with Crippen molar-refractivity contribution in [1.82, 2.24) is 35.2 Å². The van der Waals surface area contributed by atoms with E-state index in [1.807, 2.05) is 30.3 Å². The molecule has 2 aromatic rings. The van der Waals surface area contributed by atoms with Crippen LogP contribution >= 0.6 is 0 Å². The van der Waals surface area contributed by atoms with E-state index >= 15 is 0 Å². The molecule has 8 nitrogen and oxygen atoms in total. The van der Waals surface area contributed by atoms with E-state index in [1.165, 1.54) is 11.3 Å². The van der Waals surface area contributed by atoms with Gasteiger partial charge in [0.2, 0.25) is 0 Å². The highest BCUT2D eigenvalue weighted by atomic mass is 15.3. The van der Waals surface area contributed by atoms with Crippen LogP contribution in [0, 0.1) is 20.8 Å². The molecule has 8 heteroatoms. The molecule has 2 aromatic heterocycles. The van der Waals surface area contributed by atoms with Crippen LogP contribution in [0.3, 0.4) is 0 Å². The van der Waals surface area contributed by atoms with Crippen LogP contribution in [0.5, 0.6) is 0 Å². The molecule has 138 valence electrons. The predicted molar refractivity (Wildman–Crippen MR) is 99.5 cm³/mol. The molecule has 0 radical (unpaired) electrons. The molecule has 0 aliphatic heterocycles. The number of nitrogens with one attached hydrogen (secondary N) is 2. The van der Waals surface area contributed by atoms with Gasteiger partial charge in [-0.3, -0.25) is 4.68 Å². The summed E-state index contributed by atoms with van der Waals surface area (Å²) in [4.78, 5) is 4.64. The Labute approximate surface area is 149 Å². The standard InChI is InChI=1S/C17H30N8/c1-8-18-17(19-10-16-22-21-14(5)24(16)6)20-11(2)9-15-12(3)23-25(7)13(15)4/h11H,8-10H2,1-7H3,(H2,18,19,20). The number of aryl methyl sites for hydroxylation is 3. The summed E-state index contributed by atoms with van der Waals surface area (Å²) in [5, 5.41) is 19.5. The van der Waals surface area contributed by atoms with Gasteiger partial charge in [-0.2, -0.15) is 5.10 Å². The van der Waals surface area contributed by atoms with E-state index in [4.69, 9.17) is 0 Å². The summed E-state index contributed by atoms with van der Waals surface area (Å²) in [7, 11) is 3.94. The number of aliphatic imine (C=N–C) groups is 1. The highest BCUT2D eigenvalue weighted by Gasteiger charge is 2.14. The third-order valence-corrected chi connectivity index (χ3v) is 4.46. The van der Waals surface area contributed by atoms with Crippen LogP contribution in [-0.4, -0.2) is 43.1 Å². The molecule has 0 saturated heterocycles. The van der Waals surface area contributed by atoms with E-state index in [0.717, 1.165) is 36.3 Å². The Morgan fingerprint density at radius 3 is 2.44 bits per heavy atom. The summed E-state index contributed by atoms with van der Waals surface area (Å²) in [5.41, 5.74) is 3.59. The number of aromatic nitrogens is 5. The average Bonchev–Trinajstić information content (AvgIpc) is 2.99. The zero-order chi connectivity index (χ0) is 18.6. The Kier molecular flexibility index (Phi) is 6.17. The molecule has 2 heterocycles. The summed E-state index contributed by atoms with van der Waals surface area (Å²) in [5.74, 6) is 2.52. The normalized spacial score (nSPS) is 13.2. The van der Waals surface area contributed by atoms with Crippen molar-refractivity contribution in [1.29, 1.82) is 0 Å². The summed E-state index contributed by atoms with van der Waals surface area (Å²) in [6, 6.07) is 0.237. The number of nitrogens with zero attached hydrogens (tertiary/aromatic N) is 6. The molecule has 0 saturated carbocycles. The Bertz CT molecular complexity index is 740. The van der Waals surface area contributed by atoms with Crippen LogP contribution in [-0.2, 0) is 27.1 Å². The van der Waals surface area contributed by atoms with Crippen molar-refractivity contribution in [3.05, 3.63) is 28.6 Å². The maximum absolute atomic E-state index is 4.64. The topological polar surface area (TPSA) is 84.9 Å². The van der Waals surface area contributed by atoms with Gasteiger partial charge in [-0.05, 0) is 46.6 Å². The van der Waals surface area contributed by atoms with Crippen molar-refractivity contribution >= 4 is 5.96 Å². The molecule has 0 amide bonds. The first-order valence-electron chi connectivity index (χ1n) is 8.72. The monoisotopic (exact) mass is 346 g/mol. The lowest BCUT2D eigenvalue weighted by Gasteiger charge is -2.18. The van der Waals surface area contributed by atoms with E-state index in [2.05, 4.69) is 58.6 Å². The van der Waals surface area contributed by atoms with Crippen molar-refractivity contribution in [2.45, 2.75) is 53.6 Å². The van der Waals surface area contributed by atoms with E-state index in [9.17, 15) is 0 Å². The average molecular weight is 346 g/mol. The second-order valence-corrected chi connectivity index (χ2v) is 6.44. The highest BCUT2D eigenvalue weighted by Crippen LogP contribution is 2.14. The minimum absolute atomic E-state index is 0.237. The number of guanidine groups is 1. The Morgan fingerprint density at radius 2 is 1.92 bits per heavy atom. The zero-order valence-corrected chi connectivity index (χ0v) is 16.4. The predicted octanol–water partition coefficient (Wildman–Crippen LogP) is 1.16. The van der Waals surface area contributed by atoms with E-state index in [1.54, 1.807) is 0 Å². The van der Waals surface area contributed by atoms with E-state index in [0.29, 0.717) is 6.54 Å². The molecule has 1 unspecified atom stereocenters.